The quantitative estimate of drug-likeness (QED) is 0.552. The fraction of sp³-hybridized carbons (Fsp3) is 0.444. The summed E-state index contributed by atoms with van der Waals surface area (Å²) in [6.45, 7) is 12.4. The van der Waals surface area contributed by atoms with Crippen LogP contribution in [-0.4, -0.2) is 0 Å². The molecule has 0 N–H and O–H groups in total. The highest BCUT2D eigenvalue weighted by atomic mass is 14.1. The summed E-state index contributed by atoms with van der Waals surface area (Å²) in [7, 11) is 0. The molecule has 1 rings (SSSR count). The molecule has 0 spiro atoms. The first kappa shape index (κ1) is 14.8. The largest absolute Gasteiger partial charge is 0.0985 e. The highest BCUT2D eigenvalue weighted by Crippen LogP contribution is 2.22. The molecule has 0 aliphatic carbocycles. The second-order valence-electron chi connectivity index (χ2n) is 4.87. The van der Waals surface area contributed by atoms with Crippen molar-refractivity contribution in [2.45, 2.75) is 52.4 Å². The summed E-state index contributed by atoms with van der Waals surface area (Å²) in [5, 5.41) is 0. The van der Waals surface area contributed by atoms with E-state index in [1.165, 1.54) is 47.9 Å². The molecule has 0 aliphatic heterocycles. The van der Waals surface area contributed by atoms with Crippen LogP contribution in [0.25, 0.3) is 12.2 Å². The van der Waals surface area contributed by atoms with Crippen LogP contribution in [0, 0.1) is 0 Å². The second-order valence-corrected chi connectivity index (χ2v) is 4.87. The van der Waals surface area contributed by atoms with E-state index in [4.69, 9.17) is 0 Å². The predicted molar refractivity (Wildman–Crippen MR) is 83.8 cm³/mol. The molecule has 18 heavy (non-hydrogen) atoms. The topological polar surface area (TPSA) is 0 Å². The van der Waals surface area contributed by atoms with Crippen LogP contribution in [-0.2, 0) is 12.8 Å². The Balaban J connectivity index is 3.06. The van der Waals surface area contributed by atoms with Gasteiger partial charge in [-0.05, 0) is 47.9 Å². The average Bonchev–Trinajstić information content (AvgIpc) is 2.42. The molecule has 0 aromatic heterocycles. The molecule has 0 saturated heterocycles. The third-order valence-electron chi connectivity index (χ3n) is 3.44. The van der Waals surface area contributed by atoms with Gasteiger partial charge in [0.2, 0.25) is 0 Å². The third kappa shape index (κ3) is 3.87. The Morgan fingerprint density at radius 2 is 1.22 bits per heavy atom. The van der Waals surface area contributed by atoms with Crippen LogP contribution in [0.3, 0.4) is 0 Å². The minimum absolute atomic E-state index is 1.15. The van der Waals surface area contributed by atoms with E-state index in [-0.39, 0.29) is 0 Å². The maximum absolute atomic E-state index is 3.95. The fourth-order valence-corrected chi connectivity index (χ4v) is 2.27. The lowest BCUT2D eigenvalue weighted by Crippen LogP contribution is -1.97. The number of hydrogen-bond donors (Lipinski definition) is 0. The van der Waals surface area contributed by atoms with Crippen LogP contribution in [0.4, 0.5) is 0 Å². The molecule has 0 heteroatoms. The maximum Gasteiger partial charge on any atom is -0.0227 e. The summed E-state index contributed by atoms with van der Waals surface area (Å²) in [6, 6.07) is 4.62. The Morgan fingerprint density at radius 3 is 1.50 bits per heavy atom. The van der Waals surface area contributed by atoms with E-state index in [9.17, 15) is 0 Å². The predicted octanol–water partition coefficient (Wildman–Crippen LogP) is 5.66. The van der Waals surface area contributed by atoms with Crippen molar-refractivity contribution in [3.05, 3.63) is 47.5 Å². The van der Waals surface area contributed by atoms with Crippen LogP contribution < -0.4 is 0 Å². The third-order valence-corrected chi connectivity index (χ3v) is 3.44. The molecular formula is C18H26. The lowest BCUT2D eigenvalue weighted by molar-refractivity contribution is 0.784. The number of hydrogen-bond acceptors (Lipinski definition) is 0. The van der Waals surface area contributed by atoms with Crippen molar-refractivity contribution in [2.24, 2.45) is 0 Å². The van der Waals surface area contributed by atoms with Crippen LogP contribution in [0.15, 0.2) is 25.3 Å². The smallest absolute Gasteiger partial charge is 0.0227 e. The normalized spacial score (nSPS) is 10.3. The minimum Gasteiger partial charge on any atom is -0.0985 e. The molecule has 98 valence electrons. The van der Waals surface area contributed by atoms with Gasteiger partial charge in [0.15, 0.2) is 0 Å². The Kier molecular flexibility index (Phi) is 6.49. The van der Waals surface area contributed by atoms with Crippen LogP contribution >= 0.6 is 0 Å². The first-order valence-corrected chi connectivity index (χ1v) is 7.17. The molecule has 0 fully saturated rings. The second kappa shape index (κ2) is 7.92. The van der Waals surface area contributed by atoms with Gasteiger partial charge in [0, 0.05) is 0 Å². The van der Waals surface area contributed by atoms with Gasteiger partial charge in [-0.2, -0.15) is 0 Å². The van der Waals surface area contributed by atoms with E-state index < -0.39 is 0 Å². The van der Waals surface area contributed by atoms with Crippen molar-refractivity contribution in [1.29, 1.82) is 0 Å². The van der Waals surface area contributed by atoms with Crippen LogP contribution in [0.5, 0.6) is 0 Å². The molecule has 1 aromatic carbocycles. The first-order chi connectivity index (χ1) is 8.76. The van der Waals surface area contributed by atoms with E-state index in [0.717, 1.165) is 12.8 Å². The standard InChI is InChI=1S/C18H26/c1-5-9-11-17-13-16(8-4)18(12-10-6-2)14-15(17)7-3/h7-8,13-14H,3-6,9-12H2,1-2H3. The molecule has 0 aliphatic rings. The van der Waals surface area contributed by atoms with Crippen molar-refractivity contribution < 1.29 is 0 Å². The molecule has 0 radical (unpaired) electrons. The highest BCUT2D eigenvalue weighted by molar-refractivity contribution is 5.61. The zero-order chi connectivity index (χ0) is 13.4. The molecule has 0 nitrogen and oxygen atoms in total. The fourth-order valence-electron chi connectivity index (χ4n) is 2.27. The molecule has 1 aromatic rings. The van der Waals surface area contributed by atoms with E-state index in [2.05, 4.69) is 39.1 Å². The molecule has 0 bridgehead atoms. The molecule has 0 saturated carbocycles. The lowest BCUT2D eigenvalue weighted by Gasteiger charge is -2.12. The number of aryl methyl sites for hydroxylation is 2. The van der Waals surface area contributed by atoms with Gasteiger partial charge in [-0.3, -0.25) is 0 Å². The van der Waals surface area contributed by atoms with Gasteiger partial charge in [0.1, 0.15) is 0 Å². The Morgan fingerprint density at radius 1 is 0.833 bits per heavy atom. The summed E-state index contributed by atoms with van der Waals surface area (Å²) >= 11 is 0. The van der Waals surface area contributed by atoms with Gasteiger partial charge in [-0.15, -0.1) is 0 Å². The zero-order valence-electron chi connectivity index (χ0n) is 12.0. The Bertz CT molecular complexity index is 359. The van der Waals surface area contributed by atoms with Gasteiger partial charge in [0.05, 0.1) is 0 Å². The van der Waals surface area contributed by atoms with Gasteiger partial charge < -0.3 is 0 Å². The zero-order valence-corrected chi connectivity index (χ0v) is 12.0. The number of rotatable bonds is 8. The highest BCUT2D eigenvalue weighted by Gasteiger charge is 2.06. The molecule has 0 unspecified atom stereocenters. The maximum atomic E-state index is 3.95. The van der Waals surface area contributed by atoms with Crippen molar-refractivity contribution >= 4 is 12.2 Å². The van der Waals surface area contributed by atoms with E-state index in [0.29, 0.717) is 0 Å². The average molecular weight is 242 g/mol. The summed E-state index contributed by atoms with van der Waals surface area (Å²) in [5.74, 6) is 0. The van der Waals surface area contributed by atoms with Crippen molar-refractivity contribution in [3.8, 4) is 0 Å². The van der Waals surface area contributed by atoms with Gasteiger partial charge >= 0.3 is 0 Å². The minimum atomic E-state index is 1.15. The van der Waals surface area contributed by atoms with E-state index >= 15 is 0 Å². The van der Waals surface area contributed by atoms with Crippen LogP contribution in [0.2, 0.25) is 0 Å². The summed E-state index contributed by atoms with van der Waals surface area (Å²) < 4.78 is 0. The molecule has 0 heterocycles. The first-order valence-electron chi connectivity index (χ1n) is 7.17. The van der Waals surface area contributed by atoms with E-state index in [1.54, 1.807) is 0 Å². The lowest BCUT2D eigenvalue weighted by atomic mass is 9.93. The number of unbranched alkanes of at least 4 members (excludes halogenated alkanes) is 2. The van der Waals surface area contributed by atoms with Gasteiger partial charge in [-0.25, -0.2) is 0 Å². The number of benzene rings is 1. The van der Waals surface area contributed by atoms with Crippen molar-refractivity contribution in [1.82, 2.24) is 0 Å². The SMILES string of the molecule is C=Cc1cc(CCCC)c(C=C)cc1CCCC. The van der Waals surface area contributed by atoms with E-state index in [1.807, 2.05) is 12.2 Å². The summed E-state index contributed by atoms with van der Waals surface area (Å²) in [5.41, 5.74) is 5.45. The van der Waals surface area contributed by atoms with Crippen molar-refractivity contribution in [2.75, 3.05) is 0 Å². The Hall–Kier alpha value is -1.30. The monoisotopic (exact) mass is 242 g/mol. The van der Waals surface area contributed by atoms with Gasteiger partial charge in [-0.1, -0.05) is 64.1 Å². The molecule has 0 atom stereocenters. The Labute approximate surface area is 112 Å². The molecule has 0 amide bonds. The van der Waals surface area contributed by atoms with Crippen molar-refractivity contribution in [3.63, 3.8) is 0 Å². The van der Waals surface area contributed by atoms with Gasteiger partial charge in [0.25, 0.3) is 0 Å². The molecular weight excluding hydrogens is 216 g/mol. The van der Waals surface area contributed by atoms with Crippen LogP contribution in [0.1, 0.15) is 61.8 Å². The summed E-state index contributed by atoms with van der Waals surface area (Å²) in [4.78, 5) is 0. The summed E-state index contributed by atoms with van der Waals surface area (Å²) in [6.07, 6.45) is 11.2.